The molecule has 2 N–H and O–H groups in total. The second-order valence-corrected chi connectivity index (χ2v) is 4.04. The Morgan fingerprint density at radius 2 is 2.19 bits per heavy atom. The molecule has 1 aliphatic rings. The highest BCUT2D eigenvalue weighted by molar-refractivity contribution is 5.79. The molecule has 0 atom stereocenters. The number of hydrogen-bond acceptors (Lipinski definition) is 5. The molecule has 0 unspecified atom stereocenters. The third kappa shape index (κ3) is 1.92. The second kappa shape index (κ2) is 4.21. The fourth-order valence-electron chi connectivity index (χ4n) is 1.74. The van der Waals surface area contributed by atoms with Gasteiger partial charge in [0.2, 0.25) is 11.8 Å². The maximum atomic E-state index is 11.1. The van der Waals surface area contributed by atoms with Crippen LogP contribution in [0.1, 0.15) is 38.0 Å². The zero-order chi connectivity index (χ0) is 11.6. The maximum Gasteiger partial charge on any atom is 0.323 e. The van der Waals surface area contributed by atoms with Gasteiger partial charge in [0.1, 0.15) is 5.54 Å². The van der Waals surface area contributed by atoms with Crippen molar-refractivity contribution in [2.24, 2.45) is 0 Å². The van der Waals surface area contributed by atoms with Crippen molar-refractivity contribution < 1.29 is 14.3 Å². The number of carboxylic acids is 1. The van der Waals surface area contributed by atoms with Crippen molar-refractivity contribution in [2.75, 3.05) is 0 Å². The van der Waals surface area contributed by atoms with E-state index in [9.17, 15) is 4.79 Å². The van der Waals surface area contributed by atoms with Crippen molar-refractivity contribution in [2.45, 2.75) is 44.7 Å². The van der Waals surface area contributed by atoms with Gasteiger partial charge in [0.05, 0.1) is 6.54 Å². The van der Waals surface area contributed by atoms with Crippen LogP contribution in [0.3, 0.4) is 0 Å². The van der Waals surface area contributed by atoms with E-state index < -0.39 is 11.5 Å². The number of hydrogen-bond donors (Lipinski definition) is 2. The molecule has 0 bridgehead atoms. The largest absolute Gasteiger partial charge is 0.480 e. The molecule has 2 rings (SSSR count). The van der Waals surface area contributed by atoms with Crippen LogP contribution in [-0.4, -0.2) is 26.8 Å². The fraction of sp³-hybridized carbons (Fsp3) is 0.700. The Balaban J connectivity index is 1.93. The highest BCUT2D eigenvalue weighted by Crippen LogP contribution is 2.32. The Kier molecular flexibility index (Phi) is 2.91. The van der Waals surface area contributed by atoms with Crippen LogP contribution >= 0.6 is 0 Å². The summed E-state index contributed by atoms with van der Waals surface area (Å²) in [5, 5.41) is 19.7. The highest BCUT2D eigenvalue weighted by Gasteiger charge is 2.44. The first kappa shape index (κ1) is 11.1. The van der Waals surface area contributed by atoms with Gasteiger partial charge in [0.15, 0.2) is 0 Å². The van der Waals surface area contributed by atoms with Gasteiger partial charge in [-0.3, -0.25) is 10.1 Å². The summed E-state index contributed by atoms with van der Waals surface area (Å²) < 4.78 is 5.30. The molecular formula is C10H15N3O3. The Morgan fingerprint density at radius 1 is 1.50 bits per heavy atom. The number of aromatic nitrogens is 2. The molecule has 1 aromatic rings. The highest BCUT2D eigenvalue weighted by atomic mass is 16.4. The van der Waals surface area contributed by atoms with E-state index in [1.54, 1.807) is 0 Å². The Hall–Kier alpha value is -1.43. The minimum Gasteiger partial charge on any atom is -0.480 e. The predicted molar refractivity (Wildman–Crippen MR) is 54.7 cm³/mol. The van der Waals surface area contributed by atoms with Gasteiger partial charge in [-0.15, -0.1) is 10.2 Å². The lowest BCUT2D eigenvalue weighted by Crippen LogP contribution is -2.56. The quantitative estimate of drug-likeness (QED) is 0.768. The van der Waals surface area contributed by atoms with Gasteiger partial charge >= 0.3 is 5.97 Å². The average Bonchev–Trinajstić information content (AvgIpc) is 2.63. The molecule has 6 heteroatoms. The van der Waals surface area contributed by atoms with E-state index in [-0.39, 0.29) is 0 Å². The van der Waals surface area contributed by atoms with Crippen LogP contribution in [-0.2, 0) is 17.8 Å². The average molecular weight is 225 g/mol. The third-order valence-corrected chi connectivity index (χ3v) is 3.01. The number of nitrogens with zero attached hydrogens (tertiary/aromatic N) is 2. The minimum atomic E-state index is -0.797. The van der Waals surface area contributed by atoms with Crippen molar-refractivity contribution in [3.63, 3.8) is 0 Å². The number of carboxylic acid groups (broad SMARTS) is 1. The van der Waals surface area contributed by atoms with Crippen molar-refractivity contribution in [1.29, 1.82) is 0 Å². The van der Waals surface area contributed by atoms with Crippen LogP contribution in [0.25, 0.3) is 0 Å². The Bertz CT molecular complexity index is 384. The predicted octanol–water partition coefficient (Wildman–Crippen LogP) is 0.729. The lowest BCUT2D eigenvalue weighted by molar-refractivity contribution is -0.149. The van der Waals surface area contributed by atoms with Gasteiger partial charge in [-0.25, -0.2) is 0 Å². The lowest BCUT2D eigenvalue weighted by Gasteiger charge is -2.38. The number of nitrogens with one attached hydrogen (secondary N) is 1. The first-order valence-electron chi connectivity index (χ1n) is 5.46. The van der Waals surface area contributed by atoms with E-state index >= 15 is 0 Å². The van der Waals surface area contributed by atoms with Crippen LogP contribution in [0.5, 0.6) is 0 Å². The van der Waals surface area contributed by atoms with Crippen molar-refractivity contribution >= 4 is 5.97 Å². The van der Waals surface area contributed by atoms with Crippen LogP contribution in [0, 0.1) is 0 Å². The topological polar surface area (TPSA) is 88.2 Å². The lowest BCUT2D eigenvalue weighted by atomic mass is 9.77. The van der Waals surface area contributed by atoms with E-state index in [4.69, 9.17) is 9.52 Å². The maximum absolute atomic E-state index is 11.1. The van der Waals surface area contributed by atoms with E-state index in [2.05, 4.69) is 15.5 Å². The zero-order valence-corrected chi connectivity index (χ0v) is 9.19. The summed E-state index contributed by atoms with van der Waals surface area (Å²) >= 11 is 0. The van der Waals surface area contributed by atoms with Crippen molar-refractivity contribution in [3.05, 3.63) is 11.8 Å². The number of carbonyl (C=O) groups is 1. The summed E-state index contributed by atoms with van der Waals surface area (Å²) in [6.45, 7) is 2.24. The fourth-order valence-corrected chi connectivity index (χ4v) is 1.74. The summed E-state index contributed by atoms with van der Waals surface area (Å²) in [4.78, 5) is 11.1. The normalized spacial score (nSPS) is 18.1. The number of aryl methyl sites for hydroxylation is 1. The molecule has 1 aliphatic carbocycles. The summed E-state index contributed by atoms with van der Waals surface area (Å²) in [6.07, 6.45) is 2.97. The molecule has 1 fully saturated rings. The van der Waals surface area contributed by atoms with Crippen molar-refractivity contribution in [1.82, 2.24) is 15.5 Å². The van der Waals surface area contributed by atoms with Gasteiger partial charge in [-0.2, -0.15) is 0 Å². The Labute approximate surface area is 93.1 Å². The molecule has 16 heavy (non-hydrogen) atoms. The molecule has 0 aromatic carbocycles. The van der Waals surface area contributed by atoms with Gasteiger partial charge in [0.25, 0.3) is 0 Å². The molecule has 0 saturated heterocycles. The molecule has 1 saturated carbocycles. The number of rotatable bonds is 5. The van der Waals surface area contributed by atoms with Gasteiger partial charge in [-0.05, 0) is 19.3 Å². The van der Waals surface area contributed by atoms with Crippen LogP contribution in [0.4, 0.5) is 0 Å². The summed E-state index contributed by atoms with van der Waals surface area (Å²) in [7, 11) is 0. The second-order valence-electron chi connectivity index (χ2n) is 4.04. The standard InChI is InChI=1S/C10H15N3O3/c1-2-7-12-13-8(16-7)6-11-10(9(14)15)4-3-5-10/h11H,2-6H2,1H3,(H,14,15). The van der Waals surface area contributed by atoms with Gasteiger partial charge in [-0.1, -0.05) is 6.92 Å². The monoisotopic (exact) mass is 225 g/mol. The Morgan fingerprint density at radius 3 is 2.62 bits per heavy atom. The van der Waals surface area contributed by atoms with Gasteiger partial charge < -0.3 is 9.52 Å². The van der Waals surface area contributed by atoms with E-state index in [1.807, 2.05) is 6.92 Å². The van der Waals surface area contributed by atoms with Crippen LogP contribution in [0.15, 0.2) is 4.42 Å². The molecule has 0 spiro atoms. The zero-order valence-electron chi connectivity index (χ0n) is 9.19. The SMILES string of the molecule is CCc1nnc(CNC2(C(=O)O)CCC2)o1. The van der Waals surface area contributed by atoms with Gasteiger partial charge in [0, 0.05) is 6.42 Å². The molecule has 1 heterocycles. The van der Waals surface area contributed by atoms with E-state index in [0.717, 1.165) is 6.42 Å². The molecule has 88 valence electrons. The molecule has 1 aromatic heterocycles. The molecule has 0 amide bonds. The molecule has 0 radical (unpaired) electrons. The first-order chi connectivity index (χ1) is 7.66. The number of aliphatic carboxylic acids is 1. The molecular weight excluding hydrogens is 210 g/mol. The van der Waals surface area contributed by atoms with Crippen LogP contribution < -0.4 is 5.32 Å². The smallest absolute Gasteiger partial charge is 0.323 e. The summed E-state index contributed by atoms with van der Waals surface area (Å²) in [5.74, 6) is 0.230. The summed E-state index contributed by atoms with van der Waals surface area (Å²) in [5.41, 5.74) is -0.777. The van der Waals surface area contributed by atoms with Crippen molar-refractivity contribution in [3.8, 4) is 0 Å². The first-order valence-corrected chi connectivity index (χ1v) is 5.46. The molecule has 0 aliphatic heterocycles. The van der Waals surface area contributed by atoms with Crippen LogP contribution in [0.2, 0.25) is 0 Å². The van der Waals surface area contributed by atoms with E-state index in [0.29, 0.717) is 37.6 Å². The molecule has 6 nitrogen and oxygen atoms in total. The third-order valence-electron chi connectivity index (χ3n) is 3.01. The van der Waals surface area contributed by atoms with E-state index in [1.165, 1.54) is 0 Å². The minimum absolute atomic E-state index is 0.319. The summed E-state index contributed by atoms with van der Waals surface area (Å²) in [6, 6.07) is 0.